The molecule has 110 valence electrons. The van der Waals surface area contributed by atoms with E-state index in [2.05, 4.69) is 21.2 Å². The van der Waals surface area contributed by atoms with Crippen LogP contribution in [-0.2, 0) is 6.54 Å². The Morgan fingerprint density at radius 3 is 2.71 bits per heavy atom. The third-order valence-electron chi connectivity index (χ3n) is 3.28. The predicted octanol–water partition coefficient (Wildman–Crippen LogP) is 3.54. The van der Waals surface area contributed by atoms with Gasteiger partial charge < -0.3 is 11.1 Å². The Labute approximate surface area is 131 Å². The van der Waals surface area contributed by atoms with E-state index in [4.69, 9.17) is 5.73 Å². The summed E-state index contributed by atoms with van der Waals surface area (Å²) in [5, 5.41) is 3.25. The van der Waals surface area contributed by atoms with Crippen molar-refractivity contribution in [3.8, 4) is 0 Å². The number of primary amides is 1. The third-order valence-corrected chi connectivity index (χ3v) is 3.78. The Morgan fingerprint density at radius 1 is 1.33 bits per heavy atom. The smallest absolute Gasteiger partial charge is 0.248 e. The van der Waals surface area contributed by atoms with Gasteiger partial charge in [-0.1, -0.05) is 34.1 Å². The molecule has 0 aliphatic rings. The van der Waals surface area contributed by atoms with Crippen LogP contribution in [0, 0.1) is 5.82 Å². The van der Waals surface area contributed by atoms with Crippen LogP contribution in [0.1, 0.15) is 34.5 Å². The van der Waals surface area contributed by atoms with Crippen molar-refractivity contribution in [2.24, 2.45) is 5.73 Å². The zero-order valence-electron chi connectivity index (χ0n) is 11.6. The van der Waals surface area contributed by atoms with Gasteiger partial charge >= 0.3 is 0 Å². The Hall–Kier alpha value is -1.72. The fraction of sp³-hybridized carbons (Fsp3) is 0.188. The lowest BCUT2D eigenvalue weighted by atomic mass is 10.1. The van der Waals surface area contributed by atoms with Crippen molar-refractivity contribution in [1.82, 2.24) is 5.32 Å². The van der Waals surface area contributed by atoms with E-state index in [1.165, 1.54) is 12.1 Å². The van der Waals surface area contributed by atoms with Gasteiger partial charge in [0.1, 0.15) is 5.82 Å². The average Bonchev–Trinajstić information content (AvgIpc) is 2.45. The molecule has 0 fully saturated rings. The fourth-order valence-corrected chi connectivity index (χ4v) is 2.42. The molecule has 2 aromatic carbocycles. The Kier molecular flexibility index (Phi) is 5.09. The number of nitrogens with one attached hydrogen (secondary N) is 1. The molecule has 0 radical (unpaired) electrons. The summed E-state index contributed by atoms with van der Waals surface area (Å²) in [5.41, 5.74) is 6.91. The molecule has 1 amide bonds. The Balaban J connectivity index is 2.04. The van der Waals surface area contributed by atoms with E-state index in [9.17, 15) is 9.18 Å². The molecule has 0 saturated carbocycles. The summed E-state index contributed by atoms with van der Waals surface area (Å²) in [6, 6.07) is 12.3. The van der Waals surface area contributed by atoms with Crippen LogP contribution in [0.3, 0.4) is 0 Å². The van der Waals surface area contributed by atoms with E-state index < -0.39 is 11.7 Å². The lowest BCUT2D eigenvalue weighted by Gasteiger charge is -2.15. The molecule has 0 heterocycles. The molecule has 2 rings (SSSR count). The van der Waals surface area contributed by atoms with E-state index in [0.29, 0.717) is 12.1 Å². The highest BCUT2D eigenvalue weighted by Crippen LogP contribution is 2.19. The highest BCUT2D eigenvalue weighted by molar-refractivity contribution is 9.10. The molecule has 3 nitrogen and oxygen atoms in total. The number of carbonyl (C=O) groups excluding carboxylic acids is 1. The molecular formula is C16H16BrFN2O. The number of carbonyl (C=O) groups is 1. The summed E-state index contributed by atoms with van der Waals surface area (Å²) in [6.07, 6.45) is 0. The monoisotopic (exact) mass is 350 g/mol. The molecule has 0 saturated heterocycles. The van der Waals surface area contributed by atoms with E-state index in [-0.39, 0.29) is 11.6 Å². The molecule has 2 aromatic rings. The minimum absolute atomic E-state index is 0.0812. The third kappa shape index (κ3) is 4.12. The molecule has 0 spiro atoms. The van der Waals surface area contributed by atoms with Crippen molar-refractivity contribution in [1.29, 1.82) is 0 Å². The molecule has 5 heteroatoms. The van der Waals surface area contributed by atoms with Crippen molar-refractivity contribution in [3.63, 3.8) is 0 Å². The number of benzene rings is 2. The van der Waals surface area contributed by atoms with E-state index in [0.717, 1.165) is 10.0 Å². The highest BCUT2D eigenvalue weighted by atomic mass is 79.9. The van der Waals surface area contributed by atoms with Crippen LogP contribution in [0.5, 0.6) is 0 Å². The normalized spacial score (nSPS) is 12.1. The summed E-state index contributed by atoms with van der Waals surface area (Å²) >= 11 is 3.43. The second kappa shape index (κ2) is 6.83. The number of hydrogen-bond donors (Lipinski definition) is 2. The van der Waals surface area contributed by atoms with Gasteiger partial charge in [-0.05, 0) is 36.8 Å². The molecule has 0 aliphatic carbocycles. The second-order valence-corrected chi connectivity index (χ2v) is 5.74. The molecule has 0 aliphatic heterocycles. The number of rotatable bonds is 5. The summed E-state index contributed by atoms with van der Waals surface area (Å²) in [6.45, 7) is 2.38. The van der Waals surface area contributed by atoms with Crippen LogP contribution in [0.2, 0.25) is 0 Å². The summed E-state index contributed by atoms with van der Waals surface area (Å²) < 4.78 is 14.9. The minimum Gasteiger partial charge on any atom is -0.366 e. The van der Waals surface area contributed by atoms with Crippen LogP contribution in [-0.4, -0.2) is 5.91 Å². The molecule has 0 aromatic heterocycles. The first-order valence-electron chi connectivity index (χ1n) is 6.54. The Bertz CT molecular complexity index is 660. The fourth-order valence-electron chi connectivity index (χ4n) is 2.00. The van der Waals surface area contributed by atoms with Crippen molar-refractivity contribution >= 4 is 21.8 Å². The molecular weight excluding hydrogens is 335 g/mol. The highest BCUT2D eigenvalue weighted by Gasteiger charge is 2.09. The standard InChI is InChI=1S/C16H16BrFN2O/c1-10(11-3-2-4-14(17)7-11)20-9-13-6-5-12(16(19)21)8-15(13)18/h2-8,10,20H,9H2,1H3,(H2,19,21)/t10-/m0/s1. The quantitative estimate of drug-likeness (QED) is 0.866. The van der Waals surface area contributed by atoms with Gasteiger partial charge in [0, 0.05) is 28.2 Å². The zero-order chi connectivity index (χ0) is 15.4. The lowest BCUT2D eigenvalue weighted by molar-refractivity contribution is 0.1000. The van der Waals surface area contributed by atoms with Crippen LogP contribution in [0.4, 0.5) is 4.39 Å². The maximum atomic E-state index is 13.9. The van der Waals surface area contributed by atoms with Crippen molar-refractivity contribution < 1.29 is 9.18 Å². The van der Waals surface area contributed by atoms with Gasteiger partial charge in [0.15, 0.2) is 0 Å². The van der Waals surface area contributed by atoms with E-state index >= 15 is 0 Å². The van der Waals surface area contributed by atoms with Gasteiger partial charge in [-0.15, -0.1) is 0 Å². The van der Waals surface area contributed by atoms with Gasteiger partial charge in [-0.3, -0.25) is 4.79 Å². The molecule has 0 unspecified atom stereocenters. The molecule has 21 heavy (non-hydrogen) atoms. The Morgan fingerprint density at radius 2 is 2.10 bits per heavy atom. The molecule has 1 atom stereocenters. The van der Waals surface area contributed by atoms with E-state index in [1.807, 2.05) is 31.2 Å². The average molecular weight is 351 g/mol. The maximum absolute atomic E-state index is 13.9. The number of halogens is 2. The van der Waals surface area contributed by atoms with Gasteiger partial charge in [-0.2, -0.15) is 0 Å². The van der Waals surface area contributed by atoms with Crippen LogP contribution in [0.15, 0.2) is 46.9 Å². The first-order valence-corrected chi connectivity index (χ1v) is 7.33. The molecule has 0 bridgehead atoms. The van der Waals surface area contributed by atoms with Crippen molar-refractivity contribution in [3.05, 3.63) is 69.4 Å². The first-order chi connectivity index (χ1) is 9.97. The first kappa shape index (κ1) is 15.7. The maximum Gasteiger partial charge on any atom is 0.248 e. The SMILES string of the molecule is C[C@H](NCc1ccc(C(N)=O)cc1F)c1cccc(Br)c1. The number of nitrogens with two attached hydrogens (primary N) is 1. The van der Waals surface area contributed by atoms with Gasteiger partial charge in [0.2, 0.25) is 5.91 Å². The van der Waals surface area contributed by atoms with Crippen LogP contribution in [0.25, 0.3) is 0 Å². The molecule has 3 N–H and O–H groups in total. The number of hydrogen-bond acceptors (Lipinski definition) is 2. The van der Waals surface area contributed by atoms with Gasteiger partial charge in [-0.25, -0.2) is 4.39 Å². The van der Waals surface area contributed by atoms with Crippen LogP contribution < -0.4 is 11.1 Å². The van der Waals surface area contributed by atoms with Gasteiger partial charge in [0.25, 0.3) is 0 Å². The van der Waals surface area contributed by atoms with E-state index in [1.54, 1.807) is 6.07 Å². The summed E-state index contributed by atoms with van der Waals surface area (Å²) in [4.78, 5) is 11.0. The minimum atomic E-state index is -0.629. The summed E-state index contributed by atoms with van der Waals surface area (Å²) in [7, 11) is 0. The topological polar surface area (TPSA) is 55.1 Å². The summed E-state index contributed by atoms with van der Waals surface area (Å²) in [5.74, 6) is -1.06. The zero-order valence-corrected chi connectivity index (χ0v) is 13.2. The van der Waals surface area contributed by atoms with Gasteiger partial charge in [0.05, 0.1) is 0 Å². The largest absolute Gasteiger partial charge is 0.366 e. The number of amides is 1. The lowest BCUT2D eigenvalue weighted by Crippen LogP contribution is -2.19. The van der Waals surface area contributed by atoms with Crippen molar-refractivity contribution in [2.75, 3.05) is 0 Å². The predicted molar refractivity (Wildman–Crippen MR) is 84.3 cm³/mol. The second-order valence-electron chi connectivity index (χ2n) is 4.83. The van der Waals surface area contributed by atoms with Crippen molar-refractivity contribution in [2.45, 2.75) is 19.5 Å². The van der Waals surface area contributed by atoms with Crippen LogP contribution >= 0.6 is 15.9 Å².